The largest absolute Gasteiger partial charge is 0.373 e. The Kier molecular flexibility index (Phi) is 7.31. The molecule has 1 amide bonds. The highest BCUT2D eigenvalue weighted by Crippen LogP contribution is 2.33. The van der Waals surface area contributed by atoms with Gasteiger partial charge in [0.05, 0.1) is 17.1 Å². The molecule has 2 aliphatic rings. The van der Waals surface area contributed by atoms with Crippen molar-refractivity contribution in [1.82, 2.24) is 10.2 Å². The molecule has 2 aliphatic heterocycles. The molecule has 2 saturated heterocycles. The summed E-state index contributed by atoms with van der Waals surface area (Å²) in [6, 6.07) is 4.78. The third kappa shape index (κ3) is 5.70. The van der Waals surface area contributed by atoms with Gasteiger partial charge in [-0.05, 0) is 58.6 Å². The molecular weight excluding hydrogens is 384 g/mol. The number of hydrogen-bond acceptors (Lipinski definition) is 6. The van der Waals surface area contributed by atoms with Gasteiger partial charge in [-0.25, -0.2) is 0 Å². The molecule has 1 aromatic rings. The monoisotopic (exact) mass is 418 g/mol. The molecule has 2 heterocycles. The Morgan fingerprint density at radius 3 is 2.43 bits per heavy atom. The molecule has 8 heteroatoms. The average Bonchev–Trinajstić information content (AvgIpc) is 2.67. The number of amides is 1. The lowest BCUT2D eigenvalue weighted by Gasteiger charge is -2.39. The molecule has 0 radical (unpaired) electrons. The molecule has 1 N–H and O–H groups in total. The van der Waals surface area contributed by atoms with E-state index in [1.165, 1.54) is 6.07 Å². The summed E-state index contributed by atoms with van der Waals surface area (Å²) in [7, 11) is 0. The smallest absolute Gasteiger partial charge is 0.293 e. The van der Waals surface area contributed by atoms with Gasteiger partial charge in [-0.1, -0.05) is 0 Å². The van der Waals surface area contributed by atoms with Gasteiger partial charge >= 0.3 is 0 Å². The number of morpholine rings is 1. The minimum atomic E-state index is -0.385. The maximum atomic E-state index is 12.2. The van der Waals surface area contributed by atoms with Gasteiger partial charge in [0.1, 0.15) is 5.69 Å². The zero-order valence-corrected chi connectivity index (χ0v) is 18.5. The van der Waals surface area contributed by atoms with Crippen molar-refractivity contribution in [3.05, 3.63) is 33.9 Å². The second-order valence-corrected chi connectivity index (χ2v) is 9.00. The number of carbonyl (C=O) groups excluding carboxylic acids is 1. The molecule has 1 aromatic carbocycles. The highest BCUT2D eigenvalue weighted by molar-refractivity contribution is 5.96. The van der Waals surface area contributed by atoms with E-state index in [1.54, 1.807) is 12.1 Å². The van der Waals surface area contributed by atoms with Crippen LogP contribution in [0.5, 0.6) is 0 Å². The van der Waals surface area contributed by atoms with E-state index < -0.39 is 0 Å². The maximum absolute atomic E-state index is 12.2. The van der Waals surface area contributed by atoms with Crippen LogP contribution in [0.25, 0.3) is 0 Å². The second-order valence-electron chi connectivity index (χ2n) is 9.00. The van der Waals surface area contributed by atoms with Crippen molar-refractivity contribution in [3.8, 4) is 0 Å². The Hall–Kier alpha value is -2.19. The number of nitrogens with zero attached hydrogens (tertiary/aromatic N) is 3. The van der Waals surface area contributed by atoms with Crippen LogP contribution in [-0.4, -0.2) is 66.7 Å². The molecule has 0 spiro atoms. The Morgan fingerprint density at radius 2 is 1.87 bits per heavy atom. The van der Waals surface area contributed by atoms with Crippen LogP contribution in [0.15, 0.2) is 18.2 Å². The Morgan fingerprint density at radius 1 is 1.23 bits per heavy atom. The number of ether oxygens (including phenoxy) is 1. The number of anilines is 1. The van der Waals surface area contributed by atoms with Crippen LogP contribution in [0.2, 0.25) is 0 Å². The van der Waals surface area contributed by atoms with Crippen molar-refractivity contribution in [2.24, 2.45) is 5.92 Å². The summed E-state index contributed by atoms with van der Waals surface area (Å²) in [5.41, 5.74) is 0.929. The molecule has 2 fully saturated rings. The fourth-order valence-corrected chi connectivity index (χ4v) is 4.58. The SMILES string of the molecule is CC(C)NC(=O)c1ccc(N2CCC(CN3CC(C)OC(C)C3)CC2)c([N+](=O)[O-])c1. The normalized spacial score (nSPS) is 23.6. The van der Waals surface area contributed by atoms with Crippen LogP contribution < -0.4 is 10.2 Å². The Balaban J connectivity index is 1.63. The second kappa shape index (κ2) is 9.75. The van der Waals surface area contributed by atoms with Gasteiger partial charge in [-0.2, -0.15) is 0 Å². The summed E-state index contributed by atoms with van der Waals surface area (Å²) >= 11 is 0. The fraction of sp³-hybridized carbons (Fsp3) is 0.682. The van der Waals surface area contributed by atoms with Gasteiger partial charge < -0.3 is 15.0 Å². The molecule has 30 heavy (non-hydrogen) atoms. The van der Waals surface area contributed by atoms with Crippen LogP contribution in [0.4, 0.5) is 11.4 Å². The van der Waals surface area contributed by atoms with Crippen LogP contribution in [0, 0.1) is 16.0 Å². The van der Waals surface area contributed by atoms with Gasteiger partial charge in [0.25, 0.3) is 11.6 Å². The van der Waals surface area contributed by atoms with E-state index in [1.807, 2.05) is 13.8 Å². The minimum Gasteiger partial charge on any atom is -0.373 e. The van der Waals surface area contributed by atoms with Gasteiger partial charge in [0.15, 0.2) is 0 Å². The van der Waals surface area contributed by atoms with Crippen molar-refractivity contribution in [1.29, 1.82) is 0 Å². The van der Waals surface area contributed by atoms with Gasteiger partial charge in [-0.3, -0.25) is 19.8 Å². The lowest BCUT2D eigenvalue weighted by atomic mass is 9.95. The van der Waals surface area contributed by atoms with E-state index in [9.17, 15) is 14.9 Å². The summed E-state index contributed by atoms with van der Waals surface area (Å²) in [4.78, 5) is 28.1. The summed E-state index contributed by atoms with van der Waals surface area (Å²) in [6.07, 6.45) is 2.55. The highest BCUT2D eigenvalue weighted by Gasteiger charge is 2.29. The molecule has 8 nitrogen and oxygen atoms in total. The van der Waals surface area contributed by atoms with Crippen molar-refractivity contribution in [2.75, 3.05) is 37.6 Å². The number of nitro benzene ring substituents is 1. The van der Waals surface area contributed by atoms with Gasteiger partial charge in [0, 0.05) is 50.4 Å². The summed E-state index contributed by atoms with van der Waals surface area (Å²) in [5, 5.41) is 14.5. The molecule has 0 saturated carbocycles. The summed E-state index contributed by atoms with van der Waals surface area (Å²) < 4.78 is 5.82. The van der Waals surface area contributed by atoms with E-state index >= 15 is 0 Å². The average molecular weight is 419 g/mol. The third-order valence-corrected chi connectivity index (χ3v) is 5.82. The van der Waals surface area contributed by atoms with Crippen LogP contribution in [0.1, 0.15) is 50.9 Å². The molecule has 166 valence electrons. The van der Waals surface area contributed by atoms with E-state index in [2.05, 4.69) is 29.0 Å². The predicted molar refractivity (Wildman–Crippen MR) is 117 cm³/mol. The van der Waals surface area contributed by atoms with Crippen molar-refractivity contribution in [3.63, 3.8) is 0 Å². The number of rotatable bonds is 6. The standard InChI is InChI=1S/C22H34N4O4/c1-15(2)23-22(27)19-5-6-20(21(11-19)26(28)29)25-9-7-18(8-10-25)14-24-12-16(3)30-17(4)13-24/h5-6,11,15-18H,7-10,12-14H2,1-4H3,(H,23,27). The quantitative estimate of drug-likeness (QED) is 0.564. The van der Waals surface area contributed by atoms with Crippen LogP contribution in [0.3, 0.4) is 0 Å². The first-order valence-electron chi connectivity index (χ1n) is 10.9. The van der Waals surface area contributed by atoms with Crippen molar-refractivity contribution >= 4 is 17.3 Å². The van der Waals surface area contributed by atoms with E-state index in [-0.39, 0.29) is 34.8 Å². The first-order valence-corrected chi connectivity index (χ1v) is 10.9. The van der Waals surface area contributed by atoms with E-state index in [0.29, 0.717) is 17.2 Å². The van der Waals surface area contributed by atoms with Crippen molar-refractivity contribution < 1.29 is 14.5 Å². The maximum Gasteiger partial charge on any atom is 0.293 e. The first-order chi connectivity index (χ1) is 14.2. The first kappa shape index (κ1) is 22.5. The third-order valence-electron chi connectivity index (χ3n) is 5.82. The Bertz CT molecular complexity index is 752. The summed E-state index contributed by atoms with van der Waals surface area (Å²) in [6.45, 7) is 12.5. The topological polar surface area (TPSA) is 88.0 Å². The number of nitrogens with one attached hydrogen (secondary N) is 1. The zero-order valence-electron chi connectivity index (χ0n) is 18.5. The number of benzene rings is 1. The van der Waals surface area contributed by atoms with Gasteiger partial charge in [-0.15, -0.1) is 0 Å². The molecule has 0 aliphatic carbocycles. The number of nitro groups is 1. The Labute approximate surface area is 178 Å². The highest BCUT2D eigenvalue weighted by atomic mass is 16.6. The van der Waals surface area contributed by atoms with Gasteiger partial charge in [0.2, 0.25) is 0 Å². The summed E-state index contributed by atoms with van der Waals surface area (Å²) in [5.74, 6) is 0.307. The lowest BCUT2D eigenvalue weighted by molar-refractivity contribution is -0.384. The predicted octanol–water partition coefficient (Wildman–Crippen LogP) is 3.06. The lowest BCUT2D eigenvalue weighted by Crippen LogP contribution is -2.48. The molecule has 0 aromatic heterocycles. The van der Waals surface area contributed by atoms with Crippen molar-refractivity contribution in [2.45, 2.75) is 58.8 Å². The van der Waals surface area contributed by atoms with Crippen LogP contribution in [-0.2, 0) is 4.74 Å². The van der Waals surface area contributed by atoms with E-state index in [0.717, 1.165) is 45.6 Å². The molecule has 3 rings (SSSR count). The zero-order chi connectivity index (χ0) is 21.8. The minimum absolute atomic E-state index is 0.000634. The molecule has 2 atom stereocenters. The number of carbonyl (C=O) groups is 1. The molecular formula is C22H34N4O4. The molecule has 0 bridgehead atoms. The van der Waals surface area contributed by atoms with Crippen LogP contribution >= 0.6 is 0 Å². The number of piperidine rings is 1. The number of hydrogen-bond donors (Lipinski definition) is 1. The molecule has 2 unspecified atom stereocenters. The van der Waals surface area contributed by atoms with E-state index in [4.69, 9.17) is 4.74 Å². The fourth-order valence-electron chi connectivity index (χ4n) is 4.58.